The topological polar surface area (TPSA) is 29.5 Å². The summed E-state index contributed by atoms with van der Waals surface area (Å²) in [5.74, 6) is 1.90. The Morgan fingerprint density at radius 2 is 2.12 bits per heavy atom. The first-order chi connectivity index (χ1) is 12.5. The number of rotatable bonds is 5. The van der Waals surface area contributed by atoms with Crippen molar-refractivity contribution in [2.24, 2.45) is 17.3 Å². The van der Waals surface area contributed by atoms with E-state index in [2.05, 4.69) is 38.3 Å². The van der Waals surface area contributed by atoms with Crippen molar-refractivity contribution < 1.29 is 9.53 Å². The minimum Gasteiger partial charge on any atom is -0.376 e. The van der Waals surface area contributed by atoms with Crippen LogP contribution >= 0.6 is 27.3 Å². The molecule has 0 radical (unpaired) electrons. The molecule has 5 heteroatoms. The van der Waals surface area contributed by atoms with Crippen LogP contribution in [0.2, 0.25) is 0 Å². The van der Waals surface area contributed by atoms with Crippen LogP contribution in [0.25, 0.3) is 0 Å². The van der Waals surface area contributed by atoms with Crippen LogP contribution in [0.15, 0.2) is 17.5 Å². The molecule has 3 atom stereocenters. The molecule has 4 aliphatic carbocycles. The molecular weight excluding hydrogens is 410 g/mol. The molecule has 3 nitrogen and oxygen atoms in total. The van der Waals surface area contributed by atoms with Crippen LogP contribution in [0.4, 0.5) is 0 Å². The van der Waals surface area contributed by atoms with Crippen molar-refractivity contribution in [2.45, 2.75) is 68.3 Å². The molecule has 6 rings (SSSR count). The number of ether oxygens (including phenoxy) is 1. The first-order valence-electron chi connectivity index (χ1n) is 10.2. The molecule has 1 aliphatic heterocycles. The number of alkyl halides is 1. The van der Waals surface area contributed by atoms with Crippen molar-refractivity contribution in [3.8, 4) is 0 Å². The van der Waals surface area contributed by atoms with Crippen LogP contribution in [0.1, 0.15) is 56.2 Å². The number of carbonyl (C=O) groups excluding carboxylic acids is 1. The van der Waals surface area contributed by atoms with Crippen molar-refractivity contribution in [3.63, 3.8) is 0 Å². The van der Waals surface area contributed by atoms with Crippen LogP contribution in [-0.4, -0.2) is 34.4 Å². The lowest BCUT2D eigenvalue weighted by Gasteiger charge is -2.60. The largest absolute Gasteiger partial charge is 0.376 e. The van der Waals surface area contributed by atoms with Gasteiger partial charge in [-0.1, -0.05) is 22.0 Å². The molecule has 5 fully saturated rings. The smallest absolute Gasteiger partial charge is 0.229 e. The fourth-order valence-electron chi connectivity index (χ4n) is 6.58. The average Bonchev–Trinajstić information content (AvgIpc) is 3.25. The lowest BCUT2D eigenvalue weighted by Crippen LogP contribution is -2.59. The predicted octanol–water partition coefficient (Wildman–Crippen LogP) is 4.99. The van der Waals surface area contributed by atoms with E-state index in [1.807, 2.05) is 0 Å². The van der Waals surface area contributed by atoms with Gasteiger partial charge in [0.05, 0.1) is 18.1 Å². The van der Waals surface area contributed by atoms with Crippen molar-refractivity contribution in [1.82, 2.24) is 4.90 Å². The molecule has 1 aromatic heterocycles. The Bertz CT molecular complexity index is 656. The van der Waals surface area contributed by atoms with E-state index in [0.29, 0.717) is 5.91 Å². The van der Waals surface area contributed by atoms with Crippen LogP contribution in [-0.2, 0) is 16.1 Å². The van der Waals surface area contributed by atoms with Crippen molar-refractivity contribution in [1.29, 1.82) is 0 Å². The summed E-state index contributed by atoms with van der Waals surface area (Å²) in [5.41, 5.74) is -0.122. The van der Waals surface area contributed by atoms with Gasteiger partial charge >= 0.3 is 0 Å². The van der Waals surface area contributed by atoms with Crippen molar-refractivity contribution in [2.75, 3.05) is 13.2 Å². The average molecular weight is 438 g/mol. The Morgan fingerprint density at radius 1 is 1.31 bits per heavy atom. The van der Waals surface area contributed by atoms with Gasteiger partial charge in [-0.15, -0.1) is 11.3 Å². The molecule has 2 heterocycles. The molecule has 3 unspecified atom stereocenters. The monoisotopic (exact) mass is 437 g/mol. The molecule has 0 aromatic carbocycles. The molecule has 142 valence electrons. The second-order valence-electron chi connectivity index (χ2n) is 9.29. The normalized spacial score (nSPS) is 40.9. The van der Waals surface area contributed by atoms with Gasteiger partial charge in [-0.05, 0) is 74.6 Å². The Morgan fingerprint density at radius 3 is 2.73 bits per heavy atom. The van der Waals surface area contributed by atoms with E-state index in [1.54, 1.807) is 11.3 Å². The number of carbonyl (C=O) groups is 1. The van der Waals surface area contributed by atoms with Crippen LogP contribution < -0.4 is 0 Å². The minimum atomic E-state index is -0.122. The van der Waals surface area contributed by atoms with Gasteiger partial charge in [0.25, 0.3) is 0 Å². The summed E-state index contributed by atoms with van der Waals surface area (Å²) in [6.45, 7) is 2.37. The quantitative estimate of drug-likeness (QED) is 0.607. The highest BCUT2D eigenvalue weighted by Gasteiger charge is 2.60. The zero-order valence-electron chi connectivity index (χ0n) is 15.3. The molecule has 1 amide bonds. The number of hydrogen-bond donors (Lipinski definition) is 0. The highest BCUT2D eigenvalue weighted by atomic mass is 79.9. The lowest BCUT2D eigenvalue weighted by molar-refractivity contribution is -0.157. The van der Waals surface area contributed by atoms with Gasteiger partial charge in [0.1, 0.15) is 0 Å². The van der Waals surface area contributed by atoms with Gasteiger partial charge in [0.15, 0.2) is 0 Å². The SMILES string of the molecule is O=C(N(Cc1cccs1)CC1CCCO1)C12CC3CC(CC(Br)(C3)C1)C2. The van der Waals surface area contributed by atoms with E-state index >= 15 is 0 Å². The molecule has 4 saturated carbocycles. The number of thiophene rings is 1. The fourth-order valence-corrected chi connectivity index (χ4v) is 8.75. The van der Waals surface area contributed by atoms with Gasteiger partial charge in [-0.3, -0.25) is 4.79 Å². The molecule has 5 aliphatic rings. The van der Waals surface area contributed by atoms with Gasteiger partial charge in [0, 0.05) is 22.4 Å². The molecule has 1 aromatic rings. The molecule has 4 bridgehead atoms. The van der Waals surface area contributed by atoms with E-state index in [9.17, 15) is 4.79 Å². The summed E-state index contributed by atoms with van der Waals surface area (Å²) >= 11 is 5.82. The lowest BCUT2D eigenvalue weighted by atomic mass is 9.49. The summed E-state index contributed by atoms with van der Waals surface area (Å²) in [5, 5.41) is 2.11. The second kappa shape index (κ2) is 6.59. The molecule has 0 N–H and O–H groups in total. The summed E-state index contributed by atoms with van der Waals surface area (Å²) in [7, 11) is 0. The van der Waals surface area contributed by atoms with Crippen molar-refractivity contribution in [3.05, 3.63) is 22.4 Å². The minimum absolute atomic E-state index is 0.122. The van der Waals surface area contributed by atoms with E-state index < -0.39 is 0 Å². The third-order valence-electron chi connectivity index (χ3n) is 7.11. The first-order valence-corrected chi connectivity index (χ1v) is 11.8. The highest BCUT2D eigenvalue weighted by Crippen LogP contribution is 2.64. The van der Waals surface area contributed by atoms with Gasteiger partial charge in [-0.25, -0.2) is 0 Å². The standard InChI is InChI=1S/C21H28BrNO2S/c22-21-10-15-7-16(11-21)9-20(8-15,14-21)19(24)23(12-17-3-1-5-25-17)13-18-4-2-6-26-18/h2,4,6,15-17H,1,3,5,7-14H2. The second-order valence-corrected chi connectivity index (χ2v) is 12.0. The maximum atomic E-state index is 13.9. The third kappa shape index (κ3) is 3.18. The van der Waals surface area contributed by atoms with Gasteiger partial charge in [0.2, 0.25) is 5.91 Å². The third-order valence-corrected chi connectivity index (χ3v) is 8.89. The summed E-state index contributed by atoms with van der Waals surface area (Å²) in [4.78, 5) is 17.4. The maximum absolute atomic E-state index is 13.9. The predicted molar refractivity (Wildman–Crippen MR) is 107 cm³/mol. The first kappa shape index (κ1) is 17.7. The van der Waals surface area contributed by atoms with Gasteiger partial charge < -0.3 is 9.64 Å². The van der Waals surface area contributed by atoms with Crippen LogP contribution in [0, 0.1) is 17.3 Å². The Kier molecular flexibility index (Phi) is 4.49. The maximum Gasteiger partial charge on any atom is 0.229 e. The molecule has 0 spiro atoms. The zero-order chi connectivity index (χ0) is 17.8. The number of amides is 1. The zero-order valence-corrected chi connectivity index (χ0v) is 17.7. The number of halogens is 1. The van der Waals surface area contributed by atoms with Gasteiger partial charge in [-0.2, -0.15) is 0 Å². The number of hydrogen-bond acceptors (Lipinski definition) is 3. The summed E-state index contributed by atoms with van der Waals surface area (Å²) < 4.78 is 6.12. The van der Waals surface area contributed by atoms with E-state index in [1.165, 1.54) is 24.1 Å². The highest BCUT2D eigenvalue weighted by molar-refractivity contribution is 9.10. The van der Waals surface area contributed by atoms with E-state index in [-0.39, 0.29) is 15.8 Å². The fraction of sp³-hybridized carbons (Fsp3) is 0.762. The molecular formula is C21H28BrNO2S. The molecule has 1 saturated heterocycles. The summed E-state index contributed by atoms with van der Waals surface area (Å²) in [6, 6.07) is 4.25. The summed E-state index contributed by atoms with van der Waals surface area (Å²) in [6.07, 6.45) is 9.61. The van der Waals surface area contributed by atoms with Crippen LogP contribution in [0.5, 0.6) is 0 Å². The Labute approximate surface area is 168 Å². The Hall–Kier alpha value is -0.390. The molecule has 26 heavy (non-hydrogen) atoms. The number of nitrogens with zero attached hydrogens (tertiary/aromatic N) is 1. The van der Waals surface area contributed by atoms with E-state index in [4.69, 9.17) is 4.74 Å². The van der Waals surface area contributed by atoms with E-state index in [0.717, 1.165) is 63.6 Å². The van der Waals surface area contributed by atoms with Crippen LogP contribution in [0.3, 0.4) is 0 Å². The van der Waals surface area contributed by atoms with Crippen molar-refractivity contribution >= 4 is 33.2 Å². The Balaban J connectivity index is 1.40.